The van der Waals surface area contributed by atoms with E-state index in [-0.39, 0.29) is 33.9 Å². The van der Waals surface area contributed by atoms with Crippen LogP contribution in [0, 0.1) is 15.9 Å². The van der Waals surface area contributed by atoms with E-state index in [1.54, 1.807) is 54.6 Å². The van der Waals surface area contributed by atoms with E-state index in [4.69, 9.17) is 0 Å². The Bertz CT molecular complexity index is 1630. The molecule has 0 heterocycles. The Hall–Kier alpha value is -5.70. The van der Waals surface area contributed by atoms with Gasteiger partial charge in [0.05, 0.1) is 10.5 Å². The van der Waals surface area contributed by atoms with Gasteiger partial charge in [0, 0.05) is 28.4 Å². The molecule has 0 bridgehead atoms. The molecule has 0 aromatic heterocycles. The van der Waals surface area contributed by atoms with Gasteiger partial charge in [-0.1, -0.05) is 48.5 Å². The molecule has 0 radical (unpaired) electrons. The Morgan fingerprint density at radius 3 is 2.05 bits per heavy atom. The van der Waals surface area contributed by atoms with E-state index < -0.39 is 22.6 Å². The van der Waals surface area contributed by atoms with E-state index in [0.29, 0.717) is 11.3 Å². The first-order valence-electron chi connectivity index (χ1n) is 12.0. The standard InChI is InChI=1S/C31H22FN3O5/c32-26-12-6-4-8-21(26)16-19-29(36)22-14-17-25(18-15-22)33-31(38)27(34-30(37)23-9-2-1-3-10-23)20-24-11-5-7-13-28(24)35(39)40/h1-20H,(H,33,38)(H,34,37)/b19-16+,27-20-. The molecular weight excluding hydrogens is 513 g/mol. The largest absolute Gasteiger partial charge is 0.321 e. The Kier molecular flexibility index (Phi) is 8.68. The molecule has 9 heteroatoms. The highest BCUT2D eigenvalue weighted by Crippen LogP contribution is 2.21. The summed E-state index contributed by atoms with van der Waals surface area (Å²) in [6, 6.07) is 26.0. The molecule has 40 heavy (non-hydrogen) atoms. The number of halogens is 1. The molecule has 2 amide bonds. The Morgan fingerprint density at radius 1 is 0.750 bits per heavy atom. The SMILES string of the molecule is O=C(Nc1ccc(C(=O)/C=C/c2ccccc2F)cc1)/C(=C/c1ccccc1[N+](=O)[O-])NC(=O)c1ccccc1. The molecule has 4 aromatic carbocycles. The second kappa shape index (κ2) is 12.7. The second-order valence-electron chi connectivity index (χ2n) is 8.44. The maximum Gasteiger partial charge on any atom is 0.276 e. The number of nitro benzene ring substituents is 1. The highest BCUT2D eigenvalue weighted by molar-refractivity contribution is 6.11. The zero-order valence-corrected chi connectivity index (χ0v) is 20.9. The number of ketones is 1. The molecule has 0 aliphatic carbocycles. The molecule has 0 aliphatic heterocycles. The van der Waals surface area contributed by atoms with Crippen molar-refractivity contribution >= 4 is 41.1 Å². The minimum absolute atomic E-state index is 0.119. The molecule has 0 saturated carbocycles. The fourth-order valence-electron chi connectivity index (χ4n) is 3.66. The summed E-state index contributed by atoms with van der Waals surface area (Å²) < 4.78 is 13.8. The third-order valence-electron chi connectivity index (χ3n) is 5.71. The van der Waals surface area contributed by atoms with Gasteiger partial charge in [0.2, 0.25) is 0 Å². The number of amides is 2. The lowest BCUT2D eigenvalue weighted by Crippen LogP contribution is -2.30. The molecule has 0 unspecified atom stereocenters. The topological polar surface area (TPSA) is 118 Å². The van der Waals surface area contributed by atoms with Crippen LogP contribution >= 0.6 is 0 Å². The van der Waals surface area contributed by atoms with Crippen molar-refractivity contribution in [1.82, 2.24) is 5.32 Å². The van der Waals surface area contributed by atoms with Crippen molar-refractivity contribution in [1.29, 1.82) is 0 Å². The molecule has 4 aromatic rings. The first kappa shape index (κ1) is 27.3. The second-order valence-corrected chi connectivity index (χ2v) is 8.44. The number of hydrogen-bond donors (Lipinski definition) is 2. The van der Waals surface area contributed by atoms with Gasteiger partial charge >= 0.3 is 0 Å². The zero-order valence-electron chi connectivity index (χ0n) is 20.9. The van der Waals surface area contributed by atoms with E-state index in [1.807, 2.05) is 0 Å². The Balaban J connectivity index is 1.55. The highest BCUT2D eigenvalue weighted by Gasteiger charge is 2.18. The van der Waals surface area contributed by atoms with Gasteiger partial charge in [0.25, 0.3) is 17.5 Å². The van der Waals surface area contributed by atoms with E-state index in [2.05, 4.69) is 10.6 Å². The lowest BCUT2D eigenvalue weighted by atomic mass is 10.1. The van der Waals surface area contributed by atoms with Gasteiger partial charge in [-0.2, -0.15) is 0 Å². The number of anilines is 1. The normalized spacial score (nSPS) is 11.2. The van der Waals surface area contributed by atoms with Gasteiger partial charge in [-0.05, 0) is 66.8 Å². The number of hydrogen-bond acceptors (Lipinski definition) is 5. The van der Waals surface area contributed by atoms with E-state index in [0.717, 1.165) is 0 Å². The molecule has 2 N–H and O–H groups in total. The molecule has 8 nitrogen and oxygen atoms in total. The fourth-order valence-corrected chi connectivity index (χ4v) is 3.66. The van der Waals surface area contributed by atoms with Crippen molar-refractivity contribution in [3.63, 3.8) is 0 Å². The molecule has 0 spiro atoms. The van der Waals surface area contributed by atoms with Gasteiger partial charge in [-0.25, -0.2) is 4.39 Å². The molecule has 0 atom stereocenters. The van der Waals surface area contributed by atoms with Gasteiger partial charge in [-0.15, -0.1) is 0 Å². The number of nitro groups is 1. The number of nitrogens with zero attached hydrogens (tertiary/aromatic N) is 1. The van der Waals surface area contributed by atoms with Crippen molar-refractivity contribution in [2.75, 3.05) is 5.32 Å². The van der Waals surface area contributed by atoms with Crippen LogP contribution < -0.4 is 10.6 Å². The van der Waals surface area contributed by atoms with Crippen LogP contribution in [-0.2, 0) is 4.79 Å². The van der Waals surface area contributed by atoms with Crippen molar-refractivity contribution < 1.29 is 23.7 Å². The summed E-state index contributed by atoms with van der Waals surface area (Å²) in [5.41, 5.74) is 0.823. The van der Waals surface area contributed by atoms with Gasteiger partial charge < -0.3 is 10.6 Å². The summed E-state index contributed by atoms with van der Waals surface area (Å²) in [5.74, 6) is -2.13. The smallest absolute Gasteiger partial charge is 0.276 e. The minimum atomic E-state index is -0.735. The molecular formula is C31H22FN3O5. The number of benzene rings is 4. The number of nitrogens with one attached hydrogen (secondary N) is 2. The number of allylic oxidation sites excluding steroid dienone is 1. The summed E-state index contributed by atoms with van der Waals surface area (Å²) in [5, 5.41) is 16.6. The zero-order chi connectivity index (χ0) is 28.5. The van der Waals surface area contributed by atoms with Crippen molar-refractivity contribution in [2.45, 2.75) is 0 Å². The van der Waals surface area contributed by atoms with Crippen LogP contribution in [0.15, 0.2) is 115 Å². The number of carbonyl (C=O) groups excluding carboxylic acids is 3. The van der Waals surface area contributed by atoms with Crippen molar-refractivity contribution in [3.8, 4) is 0 Å². The van der Waals surface area contributed by atoms with Crippen LogP contribution in [0.25, 0.3) is 12.2 Å². The lowest BCUT2D eigenvalue weighted by Gasteiger charge is -2.12. The summed E-state index contributed by atoms with van der Waals surface area (Å²) in [6.45, 7) is 0. The van der Waals surface area contributed by atoms with Crippen molar-refractivity contribution in [3.05, 3.63) is 153 Å². The maximum atomic E-state index is 13.8. The Labute approximate surface area is 228 Å². The first-order valence-corrected chi connectivity index (χ1v) is 12.0. The lowest BCUT2D eigenvalue weighted by molar-refractivity contribution is -0.385. The van der Waals surface area contributed by atoms with Gasteiger partial charge in [0.15, 0.2) is 5.78 Å². The van der Waals surface area contributed by atoms with Crippen LogP contribution in [-0.4, -0.2) is 22.5 Å². The van der Waals surface area contributed by atoms with Gasteiger partial charge in [0.1, 0.15) is 11.5 Å². The predicted molar refractivity (Wildman–Crippen MR) is 150 cm³/mol. The monoisotopic (exact) mass is 535 g/mol. The fraction of sp³-hybridized carbons (Fsp3) is 0. The molecule has 0 aliphatic rings. The van der Waals surface area contributed by atoms with E-state index in [1.165, 1.54) is 66.8 Å². The molecule has 0 saturated heterocycles. The predicted octanol–water partition coefficient (Wildman–Crippen LogP) is 6.04. The number of rotatable bonds is 9. The van der Waals surface area contributed by atoms with E-state index >= 15 is 0 Å². The quantitative estimate of drug-likeness (QED) is 0.117. The summed E-state index contributed by atoms with van der Waals surface area (Å²) >= 11 is 0. The maximum absolute atomic E-state index is 13.8. The average molecular weight is 536 g/mol. The van der Waals surface area contributed by atoms with Crippen LogP contribution in [0.2, 0.25) is 0 Å². The number of para-hydroxylation sites is 1. The summed E-state index contributed by atoms with van der Waals surface area (Å²) in [7, 11) is 0. The summed E-state index contributed by atoms with van der Waals surface area (Å²) in [6.07, 6.45) is 3.85. The molecule has 0 fully saturated rings. The Morgan fingerprint density at radius 2 is 1.38 bits per heavy atom. The van der Waals surface area contributed by atoms with E-state index in [9.17, 15) is 28.9 Å². The van der Waals surface area contributed by atoms with Crippen molar-refractivity contribution in [2.24, 2.45) is 0 Å². The van der Waals surface area contributed by atoms with Gasteiger partial charge in [-0.3, -0.25) is 24.5 Å². The number of carbonyl (C=O) groups is 3. The third-order valence-corrected chi connectivity index (χ3v) is 5.71. The van der Waals surface area contributed by atoms with Crippen LogP contribution in [0.1, 0.15) is 31.8 Å². The van der Waals surface area contributed by atoms with Crippen LogP contribution in [0.5, 0.6) is 0 Å². The highest BCUT2D eigenvalue weighted by atomic mass is 19.1. The van der Waals surface area contributed by atoms with Crippen LogP contribution in [0.4, 0.5) is 15.8 Å². The minimum Gasteiger partial charge on any atom is -0.321 e. The summed E-state index contributed by atoms with van der Waals surface area (Å²) in [4.78, 5) is 49.4. The van der Waals surface area contributed by atoms with Crippen LogP contribution in [0.3, 0.4) is 0 Å². The third kappa shape index (κ3) is 6.99. The molecule has 198 valence electrons. The average Bonchev–Trinajstić information content (AvgIpc) is 2.97. The first-order chi connectivity index (χ1) is 19.3. The molecule has 4 rings (SSSR count).